The van der Waals surface area contributed by atoms with Crippen LogP contribution in [0.4, 0.5) is 22.0 Å². The molecule has 2 amide bonds. The van der Waals surface area contributed by atoms with Gasteiger partial charge in [0, 0.05) is 31.8 Å². The van der Waals surface area contributed by atoms with Crippen molar-refractivity contribution < 1.29 is 45.9 Å². The number of hydrogen-bond donors (Lipinski definition) is 1. The molecule has 1 aromatic carbocycles. The largest absolute Gasteiger partial charge is 0.455 e. The number of esters is 1. The molecule has 0 saturated carbocycles. The van der Waals surface area contributed by atoms with E-state index in [0.717, 1.165) is 43.0 Å². The Morgan fingerprint density at radius 1 is 1.04 bits per heavy atom. The lowest BCUT2D eigenvalue weighted by molar-refractivity contribution is -0.149. The van der Waals surface area contributed by atoms with Crippen LogP contribution in [0.2, 0.25) is 0 Å². The summed E-state index contributed by atoms with van der Waals surface area (Å²) < 4.78 is 75.3. The number of thiazole rings is 1. The molecule has 0 radical (unpaired) electrons. The van der Waals surface area contributed by atoms with Crippen LogP contribution >= 0.6 is 11.3 Å². The number of halogens is 5. The zero-order chi connectivity index (χ0) is 35.3. The van der Waals surface area contributed by atoms with E-state index in [1.165, 1.54) is 4.90 Å². The van der Waals surface area contributed by atoms with Crippen LogP contribution in [-0.2, 0) is 19.1 Å². The first-order chi connectivity index (χ1) is 22.0. The van der Waals surface area contributed by atoms with Crippen LogP contribution in [-0.4, -0.2) is 77.1 Å². The Bertz CT molecular complexity index is 1460. The van der Waals surface area contributed by atoms with Crippen molar-refractivity contribution in [3.8, 4) is 0 Å². The summed E-state index contributed by atoms with van der Waals surface area (Å²) in [4.78, 5) is 59.8. The molecule has 1 fully saturated rings. The Balaban J connectivity index is 1.90. The van der Waals surface area contributed by atoms with Crippen LogP contribution in [0.5, 0.6) is 0 Å². The normalized spacial score (nSPS) is 17.9. The van der Waals surface area contributed by atoms with Gasteiger partial charge >= 0.3 is 5.97 Å². The third-order valence-corrected chi connectivity index (χ3v) is 9.63. The number of ketones is 1. The number of rotatable bonds is 13. The summed E-state index contributed by atoms with van der Waals surface area (Å²) in [6.45, 7) is 9.37. The number of ether oxygens (including phenoxy) is 1. The maximum atomic E-state index is 14.4. The van der Waals surface area contributed by atoms with E-state index in [0.29, 0.717) is 12.8 Å². The molecule has 3 rings (SSSR count). The minimum atomic E-state index is -2.40. The molecule has 1 saturated heterocycles. The molecule has 0 aliphatic carbocycles. The van der Waals surface area contributed by atoms with Crippen molar-refractivity contribution in [1.82, 2.24) is 20.1 Å². The number of amides is 2. The summed E-state index contributed by atoms with van der Waals surface area (Å²) in [6, 6.07) is -1.79. The summed E-state index contributed by atoms with van der Waals surface area (Å²) in [5.41, 5.74) is -2.28. The molecule has 15 heteroatoms. The number of carbonyl (C=O) groups is 4. The number of hydrogen-bond acceptors (Lipinski definition) is 8. The Kier molecular flexibility index (Phi) is 13.0. The van der Waals surface area contributed by atoms with Crippen LogP contribution < -0.4 is 5.32 Å². The summed E-state index contributed by atoms with van der Waals surface area (Å²) in [5, 5.41) is 4.03. The highest BCUT2D eigenvalue weighted by molar-refractivity contribution is 7.09. The molecule has 1 N–H and O–H groups in total. The summed E-state index contributed by atoms with van der Waals surface area (Å²) in [6.07, 6.45) is 2.01. The fourth-order valence-corrected chi connectivity index (χ4v) is 6.53. The van der Waals surface area contributed by atoms with Gasteiger partial charge in [-0.15, -0.1) is 11.3 Å². The Hall–Kier alpha value is -3.46. The lowest BCUT2D eigenvalue weighted by Gasteiger charge is -2.38. The highest BCUT2D eigenvalue weighted by Gasteiger charge is 2.38. The van der Waals surface area contributed by atoms with Crippen molar-refractivity contribution in [2.75, 3.05) is 20.6 Å². The first-order valence-corrected chi connectivity index (χ1v) is 16.4. The second kappa shape index (κ2) is 16.1. The predicted octanol–water partition coefficient (Wildman–Crippen LogP) is 5.56. The van der Waals surface area contributed by atoms with E-state index in [1.807, 2.05) is 39.6 Å². The van der Waals surface area contributed by atoms with Gasteiger partial charge in [-0.05, 0) is 38.3 Å². The first-order valence-electron chi connectivity index (χ1n) is 15.5. The van der Waals surface area contributed by atoms with Gasteiger partial charge in [0.25, 0.3) is 0 Å². The molecule has 47 heavy (non-hydrogen) atoms. The van der Waals surface area contributed by atoms with Gasteiger partial charge in [-0.3, -0.25) is 24.1 Å². The Morgan fingerprint density at radius 2 is 1.64 bits per heavy atom. The molecule has 260 valence electrons. The molecular weight excluding hydrogens is 647 g/mol. The van der Waals surface area contributed by atoms with E-state index in [9.17, 15) is 41.1 Å². The molecule has 0 bridgehead atoms. The van der Waals surface area contributed by atoms with Crippen LogP contribution in [0.3, 0.4) is 0 Å². The number of nitrogens with one attached hydrogen (secondary N) is 1. The van der Waals surface area contributed by atoms with Gasteiger partial charge in [0.2, 0.25) is 23.4 Å². The van der Waals surface area contributed by atoms with Gasteiger partial charge in [0.05, 0.1) is 6.04 Å². The molecule has 1 aliphatic rings. The van der Waals surface area contributed by atoms with Crippen molar-refractivity contribution in [3.63, 3.8) is 0 Å². The quantitative estimate of drug-likeness (QED) is 0.0965. The van der Waals surface area contributed by atoms with Crippen molar-refractivity contribution >= 4 is 34.9 Å². The van der Waals surface area contributed by atoms with Gasteiger partial charge in [-0.25, -0.2) is 26.9 Å². The van der Waals surface area contributed by atoms with Gasteiger partial charge in [-0.2, -0.15) is 0 Å². The molecule has 2 aromatic rings. The third kappa shape index (κ3) is 8.53. The van der Waals surface area contributed by atoms with E-state index < -0.39 is 70.3 Å². The Labute approximate surface area is 274 Å². The lowest BCUT2D eigenvalue weighted by atomic mass is 9.92. The number of likely N-dealkylation sites (tertiary alicyclic amines) is 1. The molecule has 2 heterocycles. The lowest BCUT2D eigenvalue weighted by Crippen LogP contribution is -2.58. The predicted molar refractivity (Wildman–Crippen MR) is 164 cm³/mol. The molecule has 1 aromatic heterocycles. The summed E-state index contributed by atoms with van der Waals surface area (Å²) in [7, 11) is 3.45. The number of likely N-dealkylation sites (N-methyl/N-ethyl adjacent to an activating group) is 2. The van der Waals surface area contributed by atoms with Gasteiger partial charge in [0.1, 0.15) is 22.3 Å². The first kappa shape index (κ1) is 38.0. The zero-order valence-corrected chi connectivity index (χ0v) is 28.3. The van der Waals surface area contributed by atoms with Gasteiger partial charge in [-0.1, -0.05) is 40.5 Å². The highest BCUT2D eigenvalue weighted by atomic mass is 32.1. The van der Waals surface area contributed by atoms with E-state index in [-0.39, 0.29) is 41.1 Å². The van der Waals surface area contributed by atoms with Crippen molar-refractivity contribution in [2.45, 2.75) is 91.0 Å². The molecular formula is C32H41F5N4O5S. The standard InChI is InChI=1S/C32H41F5N4O5S/c1-8-16(4)28(39-30(44)19-11-9-10-12-40(19)6)32(45)41(7)20(15(2)3)13-21(46-17(5)42)31-38-18(14-47-31)29(43)22-23(33)25(35)27(37)26(36)24(22)34/h14-16,19-21,28H,8-13H2,1-7H3,(H,39,44)/t16-,19?,20?,21?,28-/m0/s1. The topological polar surface area (TPSA) is 109 Å². The molecule has 9 nitrogen and oxygen atoms in total. The number of carbonyl (C=O) groups excluding carboxylic acids is 4. The van der Waals surface area contributed by atoms with Crippen molar-refractivity contribution in [3.05, 3.63) is 50.7 Å². The number of piperidine rings is 1. The average molecular weight is 689 g/mol. The second-order valence-corrected chi connectivity index (χ2v) is 13.2. The third-order valence-electron chi connectivity index (χ3n) is 8.70. The summed E-state index contributed by atoms with van der Waals surface area (Å²) >= 11 is 0.778. The van der Waals surface area contributed by atoms with Crippen LogP contribution in [0.25, 0.3) is 0 Å². The van der Waals surface area contributed by atoms with E-state index in [4.69, 9.17) is 4.74 Å². The van der Waals surface area contributed by atoms with E-state index in [2.05, 4.69) is 10.3 Å². The van der Waals surface area contributed by atoms with E-state index >= 15 is 0 Å². The van der Waals surface area contributed by atoms with Gasteiger partial charge in [0.15, 0.2) is 29.4 Å². The maximum absolute atomic E-state index is 14.4. The van der Waals surface area contributed by atoms with Crippen molar-refractivity contribution in [2.24, 2.45) is 11.8 Å². The fraction of sp³-hybridized carbons (Fsp3) is 0.594. The minimum absolute atomic E-state index is 0.00559. The van der Waals surface area contributed by atoms with Crippen molar-refractivity contribution in [1.29, 1.82) is 0 Å². The Morgan fingerprint density at radius 3 is 2.17 bits per heavy atom. The maximum Gasteiger partial charge on any atom is 0.303 e. The summed E-state index contributed by atoms with van der Waals surface area (Å²) in [5.74, 6) is -14.8. The minimum Gasteiger partial charge on any atom is -0.455 e. The number of benzene rings is 1. The smallest absolute Gasteiger partial charge is 0.303 e. The number of aromatic nitrogens is 1. The van der Waals surface area contributed by atoms with Crippen LogP contribution in [0, 0.1) is 40.9 Å². The van der Waals surface area contributed by atoms with Crippen LogP contribution in [0.1, 0.15) is 93.9 Å². The SMILES string of the molecule is CC[C@H](C)[C@H](NC(=O)C1CCCCN1C)C(=O)N(C)C(CC(OC(C)=O)c1nc(C(=O)c2c(F)c(F)c(F)c(F)c2F)cs1)C(C)C. The second-order valence-electron chi connectivity index (χ2n) is 12.3. The monoisotopic (exact) mass is 688 g/mol. The molecule has 3 unspecified atom stereocenters. The van der Waals surface area contributed by atoms with Gasteiger partial charge < -0.3 is 15.0 Å². The van der Waals surface area contributed by atoms with Crippen LogP contribution in [0.15, 0.2) is 5.38 Å². The average Bonchev–Trinajstić information content (AvgIpc) is 3.53. The molecule has 5 atom stereocenters. The molecule has 0 spiro atoms. The fourth-order valence-electron chi connectivity index (χ4n) is 5.69. The zero-order valence-electron chi connectivity index (χ0n) is 27.5. The number of nitrogens with zero attached hydrogens (tertiary/aromatic N) is 3. The highest BCUT2D eigenvalue weighted by Crippen LogP contribution is 2.32. The van der Waals surface area contributed by atoms with E-state index in [1.54, 1.807) is 7.05 Å². The molecule has 1 aliphatic heterocycles.